The first-order valence-electron chi connectivity index (χ1n) is 5.00. The molecule has 0 aromatic carbocycles. The van der Waals surface area contributed by atoms with Crippen LogP contribution in [0, 0.1) is 0 Å². The lowest BCUT2D eigenvalue weighted by Crippen LogP contribution is -2.37. The zero-order valence-corrected chi connectivity index (χ0v) is 11.3. The minimum absolute atomic E-state index is 0.275. The van der Waals surface area contributed by atoms with E-state index in [1.165, 1.54) is 13.3 Å². The number of hydrogen-bond acceptors (Lipinski definition) is 3. The predicted molar refractivity (Wildman–Crippen MR) is 64.0 cm³/mol. The van der Waals surface area contributed by atoms with Crippen LogP contribution < -0.4 is 15.6 Å². The Morgan fingerprint density at radius 3 is 2.68 bits per heavy atom. The van der Waals surface area contributed by atoms with Gasteiger partial charge in [-0.2, -0.15) is 13.2 Å². The lowest BCUT2D eigenvalue weighted by atomic mass is 10.4. The van der Waals surface area contributed by atoms with Gasteiger partial charge in [-0.3, -0.25) is 9.59 Å². The highest BCUT2D eigenvalue weighted by atomic mass is 79.9. The van der Waals surface area contributed by atoms with Crippen LogP contribution in [-0.2, 0) is 11.3 Å². The molecule has 1 aromatic rings. The summed E-state index contributed by atoms with van der Waals surface area (Å²) in [4.78, 5) is 22.8. The van der Waals surface area contributed by atoms with Gasteiger partial charge in [0.2, 0.25) is 5.91 Å². The van der Waals surface area contributed by atoms with Gasteiger partial charge in [0, 0.05) is 12.3 Å². The Bertz CT molecular complexity index is 528. The summed E-state index contributed by atoms with van der Waals surface area (Å²) in [5.41, 5.74) is -0.554. The molecular formula is C10H10BrF3N2O3. The molecule has 0 saturated carbocycles. The fourth-order valence-electron chi connectivity index (χ4n) is 1.22. The summed E-state index contributed by atoms with van der Waals surface area (Å²) in [7, 11) is 1.36. The van der Waals surface area contributed by atoms with Gasteiger partial charge < -0.3 is 14.6 Å². The number of alkyl halides is 3. The van der Waals surface area contributed by atoms with Crippen LogP contribution in [0.3, 0.4) is 0 Å². The van der Waals surface area contributed by atoms with Crippen LogP contribution in [-0.4, -0.2) is 30.3 Å². The molecule has 1 N–H and O–H groups in total. The molecule has 0 aliphatic rings. The predicted octanol–water partition coefficient (Wildman–Crippen LogP) is 1.30. The smallest absolute Gasteiger partial charge is 0.405 e. The number of nitrogens with zero attached hydrogens (tertiary/aromatic N) is 1. The molecular weight excluding hydrogens is 333 g/mol. The van der Waals surface area contributed by atoms with Gasteiger partial charge in [-0.05, 0) is 15.9 Å². The highest BCUT2D eigenvalue weighted by Crippen LogP contribution is 2.21. The van der Waals surface area contributed by atoms with Gasteiger partial charge in [0.15, 0.2) is 0 Å². The van der Waals surface area contributed by atoms with Crippen LogP contribution in [0.2, 0.25) is 0 Å². The van der Waals surface area contributed by atoms with Crippen molar-refractivity contribution in [3.05, 3.63) is 27.1 Å². The summed E-state index contributed by atoms with van der Waals surface area (Å²) in [6, 6.07) is 1.13. The molecule has 1 rings (SSSR count). The van der Waals surface area contributed by atoms with E-state index in [0.29, 0.717) is 4.47 Å². The van der Waals surface area contributed by atoms with E-state index in [1.807, 2.05) is 0 Å². The number of nitrogens with one attached hydrogen (secondary N) is 1. The van der Waals surface area contributed by atoms with Gasteiger partial charge >= 0.3 is 6.18 Å². The van der Waals surface area contributed by atoms with Crippen LogP contribution in [0.1, 0.15) is 0 Å². The van der Waals surface area contributed by atoms with Crippen molar-refractivity contribution in [2.24, 2.45) is 0 Å². The first-order valence-corrected chi connectivity index (χ1v) is 5.79. The third-order valence-corrected chi connectivity index (χ3v) is 2.66. The Hall–Kier alpha value is -1.51. The molecule has 19 heavy (non-hydrogen) atoms. The van der Waals surface area contributed by atoms with Gasteiger partial charge in [-0.15, -0.1) is 0 Å². The molecule has 1 amide bonds. The molecule has 0 aliphatic heterocycles. The number of amides is 1. The number of rotatable bonds is 4. The van der Waals surface area contributed by atoms with Crippen molar-refractivity contribution < 1.29 is 22.7 Å². The molecule has 0 saturated heterocycles. The summed E-state index contributed by atoms with van der Waals surface area (Å²) in [5, 5.41) is 1.68. The summed E-state index contributed by atoms with van der Waals surface area (Å²) >= 11 is 3.11. The molecule has 0 radical (unpaired) electrons. The summed E-state index contributed by atoms with van der Waals surface area (Å²) < 4.78 is 41.9. The van der Waals surface area contributed by atoms with Crippen molar-refractivity contribution >= 4 is 21.8 Å². The van der Waals surface area contributed by atoms with E-state index in [0.717, 1.165) is 10.6 Å². The van der Waals surface area contributed by atoms with Gasteiger partial charge in [0.25, 0.3) is 5.56 Å². The van der Waals surface area contributed by atoms with Crippen LogP contribution >= 0.6 is 15.9 Å². The normalized spacial score (nSPS) is 11.2. The Balaban J connectivity index is 2.75. The fourth-order valence-corrected chi connectivity index (χ4v) is 1.74. The quantitative estimate of drug-likeness (QED) is 0.897. The second kappa shape index (κ2) is 6.09. The van der Waals surface area contributed by atoms with Crippen LogP contribution in [0.4, 0.5) is 13.2 Å². The molecule has 0 unspecified atom stereocenters. The maximum absolute atomic E-state index is 11.9. The van der Waals surface area contributed by atoms with Crippen LogP contribution in [0.5, 0.6) is 5.75 Å². The molecule has 9 heteroatoms. The average Bonchev–Trinajstić information content (AvgIpc) is 2.30. The van der Waals surface area contributed by atoms with Crippen LogP contribution in [0.15, 0.2) is 21.5 Å². The molecule has 0 fully saturated rings. The van der Waals surface area contributed by atoms with Crippen molar-refractivity contribution in [3.8, 4) is 5.75 Å². The average molecular weight is 343 g/mol. The number of aromatic nitrogens is 1. The fraction of sp³-hybridized carbons (Fsp3) is 0.400. The molecule has 0 atom stereocenters. The molecule has 5 nitrogen and oxygen atoms in total. The van der Waals surface area contributed by atoms with Crippen molar-refractivity contribution in [1.82, 2.24) is 9.88 Å². The number of ether oxygens (including phenoxy) is 1. The van der Waals surface area contributed by atoms with Crippen molar-refractivity contribution in [2.75, 3.05) is 13.7 Å². The Morgan fingerprint density at radius 1 is 1.53 bits per heavy atom. The SMILES string of the molecule is COc1cc(=O)n(CC(=O)NCC(F)(F)F)cc1Br. The van der Waals surface area contributed by atoms with Crippen molar-refractivity contribution in [1.29, 1.82) is 0 Å². The molecule has 0 bridgehead atoms. The third kappa shape index (κ3) is 4.93. The molecule has 0 aliphatic carbocycles. The topological polar surface area (TPSA) is 60.3 Å². The molecule has 1 heterocycles. The number of carbonyl (C=O) groups excluding carboxylic acids is 1. The number of hydrogen-bond donors (Lipinski definition) is 1. The second-order valence-corrected chi connectivity index (χ2v) is 4.40. The van der Waals surface area contributed by atoms with Crippen molar-refractivity contribution in [3.63, 3.8) is 0 Å². The minimum atomic E-state index is -4.49. The van der Waals surface area contributed by atoms with E-state index in [-0.39, 0.29) is 5.75 Å². The highest BCUT2D eigenvalue weighted by Gasteiger charge is 2.27. The van der Waals surface area contributed by atoms with E-state index in [1.54, 1.807) is 5.32 Å². The Labute approximate surface area is 114 Å². The maximum Gasteiger partial charge on any atom is 0.405 e. The maximum atomic E-state index is 11.9. The number of carbonyl (C=O) groups is 1. The number of pyridine rings is 1. The monoisotopic (exact) mass is 342 g/mol. The second-order valence-electron chi connectivity index (χ2n) is 3.55. The largest absolute Gasteiger partial charge is 0.495 e. The first-order chi connectivity index (χ1) is 8.73. The van der Waals surface area contributed by atoms with E-state index >= 15 is 0 Å². The first kappa shape index (κ1) is 15.5. The third-order valence-electron chi connectivity index (χ3n) is 2.06. The zero-order valence-electron chi connectivity index (χ0n) is 9.75. The number of halogens is 4. The van der Waals surface area contributed by atoms with E-state index in [2.05, 4.69) is 15.9 Å². The van der Waals surface area contributed by atoms with E-state index in [4.69, 9.17) is 4.74 Å². The Morgan fingerprint density at radius 2 is 2.16 bits per heavy atom. The number of methoxy groups -OCH3 is 1. The van der Waals surface area contributed by atoms with Gasteiger partial charge in [-0.25, -0.2) is 0 Å². The van der Waals surface area contributed by atoms with Crippen molar-refractivity contribution in [2.45, 2.75) is 12.7 Å². The highest BCUT2D eigenvalue weighted by molar-refractivity contribution is 9.10. The minimum Gasteiger partial charge on any atom is -0.495 e. The lowest BCUT2D eigenvalue weighted by molar-refractivity contribution is -0.138. The van der Waals surface area contributed by atoms with Crippen LogP contribution in [0.25, 0.3) is 0 Å². The summed E-state index contributed by atoms with van der Waals surface area (Å²) in [5.74, 6) is -0.631. The van der Waals surface area contributed by atoms with E-state index in [9.17, 15) is 22.8 Å². The zero-order chi connectivity index (χ0) is 14.6. The molecule has 106 valence electrons. The van der Waals surface area contributed by atoms with E-state index < -0.39 is 30.7 Å². The molecule has 1 aromatic heterocycles. The standard InChI is InChI=1S/C10H10BrF3N2O3/c1-19-7-2-9(18)16(3-6(7)11)4-8(17)15-5-10(12,13)14/h2-3H,4-5H2,1H3,(H,15,17). The lowest BCUT2D eigenvalue weighted by Gasteiger charge is -2.10. The van der Waals surface area contributed by atoms with Gasteiger partial charge in [0.05, 0.1) is 11.6 Å². The van der Waals surface area contributed by atoms with Gasteiger partial charge in [-0.1, -0.05) is 0 Å². The summed E-state index contributed by atoms with van der Waals surface area (Å²) in [6.45, 7) is -1.94. The van der Waals surface area contributed by atoms with Gasteiger partial charge in [0.1, 0.15) is 18.8 Å². The Kier molecular flexibility index (Phi) is 4.98. The summed E-state index contributed by atoms with van der Waals surface area (Å²) in [6.07, 6.45) is -3.21. The molecule has 0 spiro atoms.